The van der Waals surface area contributed by atoms with Crippen LogP contribution in [0.2, 0.25) is 0 Å². The minimum absolute atomic E-state index is 0.503. The summed E-state index contributed by atoms with van der Waals surface area (Å²) in [5.41, 5.74) is 0.503. The van der Waals surface area contributed by atoms with Gasteiger partial charge in [0, 0.05) is 19.5 Å². The van der Waals surface area contributed by atoms with Crippen LogP contribution in [-0.4, -0.2) is 34.8 Å². The Morgan fingerprint density at radius 2 is 2.14 bits per heavy atom. The van der Waals surface area contributed by atoms with Gasteiger partial charge in [-0.3, -0.25) is 4.68 Å². The number of aryl methyl sites for hydroxylation is 1. The summed E-state index contributed by atoms with van der Waals surface area (Å²) in [7, 11) is -1.58. The van der Waals surface area contributed by atoms with Crippen molar-refractivity contribution in [2.45, 2.75) is 18.3 Å². The Kier molecular flexibility index (Phi) is 2.96. The van der Waals surface area contributed by atoms with Crippen LogP contribution in [0.3, 0.4) is 0 Å². The quantitative estimate of drug-likeness (QED) is 0.768. The standard InChI is InChI=1S/C8H14N2O3S/c1-6(14(3,12)13)8(11)7-4-5-9-10(7)2/h4-6,8,11H,1-3H3. The van der Waals surface area contributed by atoms with E-state index in [0.29, 0.717) is 5.69 Å². The van der Waals surface area contributed by atoms with Crippen molar-refractivity contribution in [3.63, 3.8) is 0 Å². The summed E-state index contributed by atoms with van der Waals surface area (Å²) >= 11 is 0. The van der Waals surface area contributed by atoms with Gasteiger partial charge in [0.15, 0.2) is 9.84 Å². The minimum Gasteiger partial charge on any atom is -0.385 e. The lowest BCUT2D eigenvalue weighted by atomic mass is 10.2. The molecule has 14 heavy (non-hydrogen) atoms. The minimum atomic E-state index is -3.24. The average Bonchev–Trinajstić information content (AvgIpc) is 2.47. The van der Waals surface area contributed by atoms with Gasteiger partial charge in [0.05, 0.1) is 10.9 Å². The number of nitrogens with zero attached hydrogens (tertiary/aromatic N) is 2. The third kappa shape index (κ3) is 2.13. The molecular formula is C8H14N2O3S. The van der Waals surface area contributed by atoms with Crippen molar-refractivity contribution in [3.8, 4) is 0 Å². The van der Waals surface area contributed by atoms with Crippen molar-refractivity contribution in [3.05, 3.63) is 18.0 Å². The number of hydrogen-bond donors (Lipinski definition) is 1. The SMILES string of the molecule is CC(C(O)c1ccnn1C)S(C)(=O)=O. The van der Waals surface area contributed by atoms with E-state index in [1.807, 2.05) is 0 Å². The number of aliphatic hydroxyl groups excluding tert-OH is 1. The molecule has 0 aliphatic carbocycles. The lowest BCUT2D eigenvalue weighted by molar-refractivity contribution is 0.166. The molecule has 2 atom stereocenters. The fourth-order valence-corrected chi connectivity index (χ4v) is 1.76. The second-order valence-electron chi connectivity index (χ2n) is 3.36. The molecule has 0 spiro atoms. The van der Waals surface area contributed by atoms with Crippen LogP contribution in [0.15, 0.2) is 12.3 Å². The number of rotatable bonds is 3. The Morgan fingerprint density at radius 3 is 2.50 bits per heavy atom. The first kappa shape index (κ1) is 11.2. The summed E-state index contributed by atoms with van der Waals surface area (Å²) in [5, 5.41) is 12.8. The highest BCUT2D eigenvalue weighted by atomic mass is 32.2. The third-order valence-electron chi connectivity index (χ3n) is 2.28. The first-order chi connectivity index (χ1) is 6.34. The van der Waals surface area contributed by atoms with E-state index in [4.69, 9.17) is 0 Å². The van der Waals surface area contributed by atoms with Gasteiger partial charge in [-0.15, -0.1) is 0 Å². The van der Waals surface area contributed by atoms with Crippen LogP contribution >= 0.6 is 0 Å². The molecule has 0 aromatic carbocycles. The smallest absolute Gasteiger partial charge is 0.152 e. The van der Waals surface area contributed by atoms with Crippen molar-refractivity contribution < 1.29 is 13.5 Å². The molecule has 80 valence electrons. The fourth-order valence-electron chi connectivity index (χ4n) is 1.15. The maximum atomic E-state index is 11.2. The van der Waals surface area contributed by atoms with Gasteiger partial charge in [0.1, 0.15) is 6.10 Å². The summed E-state index contributed by atoms with van der Waals surface area (Å²) in [6.45, 7) is 1.48. The molecule has 0 fully saturated rings. The number of hydrogen-bond acceptors (Lipinski definition) is 4. The molecule has 1 aromatic rings. The molecule has 0 saturated carbocycles. The molecule has 0 aliphatic rings. The summed E-state index contributed by atoms with van der Waals surface area (Å²) in [4.78, 5) is 0. The normalized spacial score (nSPS) is 16.6. The van der Waals surface area contributed by atoms with Crippen LogP contribution in [-0.2, 0) is 16.9 Å². The molecule has 5 nitrogen and oxygen atoms in total. The zero-order valence-corrected chi connectivity index (χ0v) is 9.19. The summed E-state index contributed by atoms with van der Waals surface area (Å²) in [6.07, 6.45) is 1.60. The molecule has 0 bridgehead atoms. The largest absolute Gasteiger partial charge is 0.385 e. The van der Waals surface area contributed by atoms with Gasteiger partial charge in [-0.2, -0.15) is 5.10 Å². The molecule has 2 unspecified atom stereocenters. The van der Waals surface area contributed by atoms with Crippen LogP contribution in [0.1, 0.15) is 18.7 Å². The second kappa shape index (κ2) is 3.70. The van der Waals surface area contributed by atoms with E-state index in [2.05, 4.69) is 5.10 Å². The maximum absolute atomic E-state index is 11.2. The first-order valence-electron chi connectivity index (χ1n) is 4.19. The Morgan fingerprint density at radius 1 is 1.57 bits per heavy atom. The van der Waals surface area contributed by atoms with Crippen molar-refractivity contribution in [1.82, 2.24) is 9.78 Å². The van der Waals surface area contributed by atoms with Crippen molar-refractivity contribution in [2.24, 2.45) is 7.05 Å². The van der Waals surface area contributed by atoms with Gasteiger partial charge < -0.3 is 5.11 Å². The van der Waals surface area contributed by atoms with E-state index >= 15 is 0 Å². The molecule has 1 rings (SSSR count). The Balaban J connectivity index is 2.97. The van der Waals surface area contributed by atoms with Gasteiger partial charge >= 0.3 is 0 Å². The average molecular weight is 218 g/mol. The van der Waals surface area contributed by atoms with E-state index in [1.165, 1.54) is 17.8 Å². The van der Waals surface area contributed by atoms with E-state index in [9.17, 15) is 13.5 Å². The molecular weight excluding hydrogens is 204 g/mol. The van der Waals surface area contributed by atoms with Crippen LogP contribution in [0.25, 0.3) is 0 Å². The summed E-state index contributed by atoms with van der Waals surface area (Å²) < 4.78 is 23.8. The fraction of sp³-hybridized carbons (Fsp3) is 0.625. The molecule has 1 heterocycles. The van der Waals surface area contributed by atoms with Crippen LogP contribution in [0.4, 0.5) is 0 Å². The maximum Gasteiger partial charge on any atom is 0.152 e. The van der Waals surface area contributed by atoms with E-state index in [0.717, 1.165) is 6.26 Å². The summed E-state index contributed by atoms with van der Waals surface area (Å²) in [6, 6.07) is 1.60. The highest BCUT2D eigenvalue weighted by Gasteiger charge is 2.27. The second-order valence-corrected chi connectivity index (χ2v) is 5.76. The zero-order valence-electron chi connectivity index (χ0n) is 8.38. The Labute approximate surface area is 83.3 Å². The number of sulfone groups is 1. The van der Waals surface area contributed by atoms with Crippen LogP contribution in [0, 0.1) is 0 Å². The lowest BCUT2D eigenvalue weighted by Crippen LogP contribution is -2.25. The highest BCUT2D eigenvalue weighted by Crippen LogP contribution is 2.20. The molecule has 0 aliphatic heterocycles. The number of aromatic nitrogens is 2. The van der Waals surface area contributed by atoms with Crippen LogP contribution in [0.5, 0.6) is 0 Å². The predicted octanol–water partition coefficient (Wildman–Crippen LogP) is -0.113. The lowest BCUT2D eigenvalue weighted by Gasteiger charge is -2.16. The monoisotopic (exact) mass is 218 g/mol. The van der Waals surface area contributed by atoms with Gasteiger partial charge in [-0.1, -0.05) is 0 Å². The van der Waals surface area contributed by atoms with E-state index in [-0.39, 0.29) is 0 Å². The molecule has 1 aromatic heterocycles. The van der Waals surface area contributed by atoms with Gasteiger partial charge in [-0.05, 0) is 13.0 Å². The van der Waals surface area contributed by atoms with Crippen molar-refractivity contribution in [1.29, 1.82) is 0 Å². The van der Waals surface area contributed by atoms with E-state index < -0.39 is 21.2 Å². The number of aliphatic hydroxyl groups is 1. The molecule has 0 saturated heterocycles. The zero-order chi connectivity index (χ0) is 10.9. The molecule has 1 N–H and O–H groups in total. The summed E-state index contributed by atoms with van der Waals surface area (Å²) in [5.74, 6) is 0. The Hall–Kier alpha value is -0.880. The topological polar surface area (TPSA) is 72.2 Å². The predicted molar refractivity (Wildman–Crippen MR) is 52.5 cm³/mol. The van der Waals surface area contributed by atoms with Crippen molar-refractivity contribution >= 4 is 9.84 Å². The third-order valence-corrected chi connectivity index (χ3v) is 3.89. The highest BCUT2D eigenvalue weighted by molar-refractivity contribution is 7.91. The van der Waals surface area contributed by atoms with Crippen LogP contribution < -0.4 is 0 Å². The van der Waals surface area contributed by atoms with Gasteiger partial charge in [0.25, 0.3) is 0 Å². The van der Waals surface area contributed by atoms with Crippen molar-refractivity contribution in [2.75, 3.05) is 6.26 Å². The first-order valence-corrected chi connectivity index (χ1v) is 6.14. The van der Waals surface area contributed by atoms with Gasteiger partial charge in [0.2, 0.25) is 0 Å². The molecule has 0 amide bonds. The van der Waals surface area contributed by atoms with Gasteiger partial charge in [-0.25, -0.2) is 8.42 Å². The molecule has 0 radical (unpaired) electrons. The Bertz CT molecular complexity index is 410. The molecule has 6 heteroatoms. The van der Waals surface area contributed by atoms with E-state index in [1.54, 1.807) is 13.1 Å².